The second-order valence-electron chi connectivity index (χ2n) is 8.62. The fourth-order valence-electron chi connectivity index (χ4n) is 2.90. The molecule has 9 heteroatoms. The molecule has 0 spiro atoms. The maximum atomic E-state index is 12.8. The molecule has 1 aromatic carbocycles. The number of hydrogen-bond acceptors (Lipinski definition) is 7. The zero-order chi connectivity index (χ0) is 24.3. The lowest BCUT2D eigenvalue weighted by molar-refractivity contribution is -0.150. The molecule has 0 aliphatic heterocycles. The van der Waals surface area contributed by atoms with Crippen LogP contribution in [0.2, 0.25) is 0 Å². The SMILES string of the molecule is CO[C@@H](C(=O)N[C@@H](Cc1ccccc1)C(=O)NCCO)[C@H](O)[C@@H](O)[C@H](O)/C=C/C(C)(C)C. The number of carbonyl (C=O) groups excluding carboxylic acids is 2. The maximum absolute atomic E-state index is 12.8. The highest BCUT2D eigenvalue weighted by molar-refractivity contribution is 5.89. The number of hydrogen-bond donors (Lipinski definition) is 6. The van der Waals surface area contributed by atoms with Gasteiger partial charge in [0, 0.05) is 20.1 Å². The van der Waals surface area contributed by atoms with Gasteiger partial charge in [-0.1, -0.05) is 63.3 Å². The summed E-state index contributed by atoms with van der Waals surface area (Å²) in [7, 11) is 1.18. The normalized spacial score (nSPS) is 16.8. The lowest BCUT2D eigenvalue weighted by atomic mass is 9.94. The third-order valence-corrected chi connectivity index (χ3v) is 4.64. The molecule has 0 radical (unpaired) electrons. The minimum absolute atomic E-state index is 0.0152. The van der Waals surface area contributed by atoms with Crippen molar-refractivity contribution in [2.75, 3.05) is 20.3 Å². The third kappa shape index (κ3) is 9.46. The van der Waals surface area contributed by atoms with E-state index in [9.17, 15) is 24.9 Å². The largest absolute Gasteiger partial charge is 0.395 e. The molecule has 0 bridgehead atoms. The van der Waals surface area contributed by atoms with Crippen LogP contribution in [0.4, 0.5) is 0 Å². The van der Waals surface area contributed by atoms with E-state index < -0.39 is 42.3 Å². The fraction of sp³-hybridized carbons (Fsp3) is 0.565. The number of amides is 2. The first-order valence-corrected chi connectivity index (χ1v) is 10.5. The van der Waals surface area contributed by atoms with E-state index in [1.165, 1.54) is 13.2 Å². The van der Waals surface area contributed by atoms with Gasteiger partial charge in [-0.15, -0.1) is 0 Å². The first-order valence-electron chi connectivity index (χ1n) is 10.5. The van der Waals surface area contributed by atoms with E-state index >= 15 is 0 Å². The summed E-state index contributed by atoms with van der Waals surface area (Å²) in [5.41, 5.74) is 0.533. The molecule has 180 valence electrons. The molecule has 0 aliphatic rings. The van der Waals surface area contributed by atoms with E-state index in [1.807, 2.05) is 26.8 Å². The van der Waals surface area contributed by atoms with Gasteiger partial charge in [-0.3, -0.25) is 9.59 Å². The molecule has 5 atom stereocenters. The Hall–Kier alpha value is -2.30. The van der Waals surface area contributed by atoms with E-state index in [4.69, 9.17) is 9.84 Å². The van der Waals surface area contributed by atoms with Crippen LogP contribution in [0.3, 0.4) is 0 Å². The van der Waals surface area contributed by atoms with Crippen LogP contribution in [-0.4, -0.2) is 83.0 Å². The van der Waals surface area contributed by atoms with Gasteiger partial charge in [-0.05, 0) is 11.0 Å². The molecule has 9 nitrogen and oxygen atoms in total. The van der Waals surface area contributed by atoms with Crippen LogP contribution >= 0.6 is 0 Å². The Morgan fingerprint density at radius 2 is 1.69 bits per heavy atom. The molecular weight excluding hydrogens is 416 g/mol. The molecule has 0 saturated heterocycles. The number of aliphatic hydroxyl groups is 4. The standard InChI is InChI=1S/C23H36N2O7/c1-23(2,3)11-10-17(27)18(28)19(29)20(32-4)22(31)25-16(21(30)24-12-13-26)14-15-8-6-5-7-9-15/h5-11,16-20,26-29H,12-14H2,1-4H3,(H,24,30)(H,25,31)/b11-10+/t16-,17+,18-,19+,20+/m0/s1. The quantitative estimate of drug-likeness (QED) is 0.235. The monoisotopic (exact) mass is 452 g/mol. The Balaban J connectivity index is 2.94. The number of rotatable bonds is 12. The summed E-state index contributed by atoms with van der Waals surface area (Å²) in [6, 6.07) is 7.99. The second-order valence-corrected chi connectivity index (χ2v) is 8.62. The van der Waals surface area contributed by atoms with Crippen LogP contribution in [0.25, 0.3) is 0 Å². The first kappa shape index (κ1) is 27.7. The number of allylic oxidation sites excluding steroid dienone is 1. The predicted molar refractivity (Wildman–Crippen MR) is 120 cm³/mol. The van der Waals surface area contributed by atoms with E-state index in [0.717, 1.165) is 5.56 Å². The van der Waals surface area contributed by atoms with Crippen molar-refractivity contribution in [1.82, 2.24) is 10.6 Å². The van der Waals surface area contributed by atoms with Gasteiger partial charge in [0.1, 0.15) is 24.4 Å². The van der Waals surface area contributed by atoms with Crippen molar-refractivity contribution in [3.8, 4) is 0 Å². The second kappa shape index (κ2) is 13.3. The lowest BCUT2D eigenvalue weighted by Gasteiger charge is -2.28. The lowest BCUT2D eigenvalue weighted by Crippen LogP contribution is -2.56. The Kier molecular flexibility index (Phi) is 11.5. The van der Waals surface area contributed by atoms with Crippen molar-refractivity contribution in [3.05, 3.63) is 48.0 Å². The van der Waals surface area contributed by atoms with Gasteiger partial charge in [-0.2, -0.15) is 0 Å². The summed E-state index contributed by atoms with van der Waals surface area (Å²) in [5.74, 6) is -1.35. The van der Waals surface area contributed by atoms with Crippen LogP contribution in [0.15, 0.2) is 42.5 Å². The number of carbonyl (C=O) groups is 2. The number of nitrogens with one attached hydrogen (secondary N) is 2. The van der Waals surface area contributed by atoms with Gasteiger partial charge in [-0.25, -0.2) is 0 Å². The zero-order valence-corrected chi connectivity index (χ0v) is 19.1. The first-order chi connectivity index (χ1) is 15.0. The van der Waals surface area contributed by atoms with Gasteiger partial charge in [0.05, 0.1) is 6.61 Å². The van der Waals surface area contributed by atoms with Gasteiger partial charge in [0.25, 0.3) is 5.91 Å². The number of aliphatic hydroxyl groups excluding tert-OH is 4. The maximum Gasteiger partial charge on any atom is 0.252 e. The van der Waals surface area contributed by atoms with Crippen LogP contribution in [0.5, 0.6) is 0 Å². The van der Waals surface area contributed by atoms with Gasteiger partial charge in [0.2, 0.25) is 5.91 Å². The van der Waals surface area contributed by atoms with Crippen molar-refractivity contribution in [2.24, 2.45) is 5.41 Å². The van der Waals surface area contributed by atoms with Crippen LogP contribution in [-0.2, 0) is 20.7 Å². The van der Waals surface area contributed by atoms with Crippen molar-refractivity contribution >= 4 is 11.8 Å². The molecule has 0 unspecified atom stereocenters. The highest BCUT2D eigenvalue weighted by atomic mass is 16.5. The molecule has 0 saturated carbocycles. The van der Waals surface area contributed by atoms with Gasteiger partial charge >= 0.3 is 0 Å². The van der Waals surface area contributed by atoms with E-state index in [1.54, 1.807) is 30.3 Å². The molecule has 0 heterocycles. The smallest absolute Gasteiger partial charge is 0.252 e. The third-order valence-electron chi connectivity index (χ3n) is 4.64. The summed E-state index contributed by atoms with van der Waals surface area (Å²) in [6.07, 6.45) is -3.22. The molecule has 6 N–H and O–H groups in total. The summed E-state index contributed by atoms with van der Waals surface area (Å²) >= 11 is 0. The highest BCUT2D eigenvalue weighted by Crippen LogP contribution is 2.17. The molecule has 2 amide bonds. The minimum atomic E-state index is -1.75. The van der Waals surface area contributed by atoms with E-state index in [-0.39, 0.29) is 25.0 Å². The molecule has 1 rings (SSSR count). The van der Waals surface area contributed by atoms with Gasteiger partial charge in [0.15, 0.2) is 6.10 Å². The summed E-state index contributed by atoms with van der Waals surface area (Å²) in [6.45, 7) is 5.46. The fourth-order valence-corrected chi connectivity index (χ4v) is 2.90. The summed E-state index contributed by atoms with van der Waals surface area (Å²) in [4.78, 5) is 25.3. The van der Waals surface area contributed by atoms with Crippen molar-refractivity contribution in [1.29, 1.82) is 0 Å². The Morgan fingerprint density at radius 1 is 1.06 bits per heavy atom. The van der Waals surface area contributed by atoms with Crippen LogP contribution in [0, 0.1) is 5.41 Å². The number of benzene rings is 1. The number of methoxy groups -OCH3 is 1. The van der Waals surface area contributed by atoms with E-state index in [0.29, 0.717) is 0 Å². The molecular formula is C23H36N2O7. The highest BCUT2D eigenvalue weighted by Gasteiger charge is 2.36. The zero-order valence-electron chi connectivity index (χ0n) is 19.1. The van der Waals surface area contributed by atoms with Gasteiger partial charge < -0.3 is 35.8 Å². The van der Waals surface area contributed by atoms with Crippen LogP contribution in [0.1, 0.15) is 26.3 Å². The minimum Gasteiger partial charge on any atom is -0.395 e. The predicted octanol–water partition coefficient (Wildman–Crippen LogP) is -0.478. The summed E-state index contributed by atoms with van der Waals surface area (Å²) < 4.78 is 5.07. The Labute approximate surface area is 189 Å². The van der Waals surface area contributed by atoms with Crippen molar-refractivity contribution < 1.29 is 34.8 Å². The molecule has 0 aliphatic carbocycles. The topological polar surface area (TPSA) is 148 Å². The Bertz CT molecular complexity index is 734. The van der Waals surface area contributed by atoms with Crippen molar-refractivity contribution in [3.63, 3.8) is 0 Å². The average Bonchev–Trinajstić information content (AvgIpc) is 2.75. The van der Waals surface area contributed by atoms with Crippen LogP contribution < -0.4 is 10.6 Å². The molecule has 32 heavy (non-hydrogen) atoms. The average molecular weight is 453 g/mol. The summed E-state index contributed by atoms with van der Waals surface area (Å²) in [5, 5.41) is 44.9. The molecule has 1 aromatic rings. The molecule has 0 fully saturated rings. The van der Waals surface area contributed by atoms with Crippen molar-refractivity contribution in [2.45, 2.75) is 57.6 Å². The number of ether oxygens (including phenoxy) is 1. The Morgan fingerprint density at radius 3 is 2.22 bits per heavy atom. The molecule has 0 aromatic heterocycles. The van der Waals surface area contributed by atoms with E-state index in [2.05, 4.69) is 10.6 Å².